The van der Waals surface area contributed by atoms with Crippen LogP contribution in [0.15, 0.2) is 36.4 Å². The Bertz CT molecular complexity index is 625. The molecule has 2 aromatic carbocycles. The summed E-state index contributed by atoms with van der Waals surface area (Å²) in [6.45, 7) is 3.77. The van der Waals surface area contributed by atoms with Crippen LogP contribution in [0.2, 0.25) is 5.02 Å². The van der Waals surface area contributed by atoms with Crippen LogP contribution in [0.1, 0.15) is 16.7 Å². The topological polar surface area (TPSA) is 35.5 Å². The highest BCUT2D eigenvalue weighted by Crippen LogP contribution is 2.26. The number of halogens is 1. The molecule has 0 aliphatic carbocycles. The molecule has 0 spiro atoms. The fraction of sp³-hybridized carbons (Fsp3) is 0.235. The normalized spacial score (nSPS) is 10.3. The summed E-state index contributed by atoms with van der Waals surface area (Å²) in [5.41, 5.74) is 2.66. The molecule has 21 heavy (non-hydrogen) atoms. The number of esters is 1. The molecule has 2 rings (SSSR count). The minimum Gasteiger partial charge on any atom is -0.497 e. The zero-order valence-electron chi connectivity index (χ0n) is 12.3. The van der Waals surface area contributed by atoms with Crippen LogP contribution in [0.3, 0.4) is 0 Å². The molecule has 4 heteroatoms. The molecule has 2 aromatic rings. The lowest BCUT2D eigenvalue weighted by molar-refractivity contribution is -0.133. The average molecular weight is 305 g/mol. The van der Waals surface area contributed by atoms with Crippen molar-refractivity contribution in [3.8, 4) is 11.5 Å². The average Bonchev–Trinajstić information content (AvgIpc) is 2.45. The Morgan fingerprint density at radius 3 is 2.14 bits per heavy atom. The molecule has 0 atom stereocenters. The number of carbonyl (C=O) groups excluding carboxylic acids is 1. The zero-order valence-corrected chi connectivity index (χ0v) is 13.0. The van der Waals surface area contributed by atoms with Crippen LogP contribution in [-0.2, 0) is 11.2 Å². The Morgan fingerprint density at radius 1 is 1.05 bits per heavy atom. The second-order valence-electron chi connectivity index (χ2n) is 4.87. The van der Waals surface area contributed by atoms with Crippen LogP contribution in [0.4, 0.5) is 0 Å². The third kappa shape index (κ3) is 3.99. The number of carbonyl (C=O) groups is 1. The van der Waals surface area contributed by atoms with E-state index in [1.54, 1.807) is 19.2 Å². The molecule has 0 aliphatic heterocycles. The summed E-state index contributed by atoms with van der Waals surface area (Å²) in [4.78, 5) is 12.0. The summed E-state index contributed by atoms with van der Waals surface area (Å²) < 4.78 is 10.4. The summed E-state index contributed by atoms with van der Waals surface area (Å²) in [5.74, 6) is 0.977. The molecule has 0 N–H and O–H groups in total. The maximum absolute atomic E-state index is 12.0. The molecular weight excluding hydrogens is 288 g/mol. The van der Waals surface area contributed by atoms with Crippen molar-refractivity contribution in [2.24, 2.45) is 0 Å². The Labute approximate surface area is 129 Å². The molecule has 0 saturated heterocycles. The molecule has 0 amide bonds. The standard InChI is InChI=1S/C17H17ClO3/c1-11-8-15(9-12(2)17(11)18)21-16(19)10-13-4-6-14(20-3)7-5-13/h4-9H,10H2,1-3H3. The van der Waals surface area contributed by atoms with Crippen LogP contribution in [0, 0.1) is 13.8 Å². The van der Waals surface area contributed by atoms with Gasteiger partial charge in [0, 0.05) is 5.02 Å². The molecule has 0 fully saturated rings. The lowest BCUT2D eigenvalue weighted by Gasteiger charge is -2.09. The van der Waals surface area contributed by atoms with Crippen LogP contribution in [-0.4, -0.2) is 13.1 Å². The summed E-state index contributed by atoms with van der Waals surface area (Å²) in [6.07, 6.45) is 0.213. The Balaban J connectivity index is 2.04. The second kappa shape index (κ2) is 6.64. The van der Waals surface area contributed by atoms with E-state index in [4.69, 9.17) is 21.1 Å². The van der Waals surface area contributed by atoms with E-state index in [0.717, 1.165) is 22.4 Å². The SMILES string of the molecule is COc1ccc(CC(=O)Oc2cc(C)c(Cl)c(C)c2)cc1. The van der Waals surface area contributed by atoms with Gasteiger partial charge in [0.15, 0.2) is 0 Å². The van der Waals surface area contributed by atoms with E-state index in [1.165, 1.54) is 0 Å². The van der Waals surface area contributed by atoms with Gasteiger partial charge in [0.25, 0.3) is 0 Å². The fourth-order valence-electron chi connectivity index (χ4n) is 2.04. The fourth-order valence-corrected chi connectivity index (χ4v) is 2.15. The van der Waals surface area contributed by atoms with Crippen molar-refractivity contribution in [1.29, 1.82) is 0 Å². The highest BCUT2D eigenvalue weighted by molar-refractivity contribution is 6.32. The van der Waals surface area contributed by atoms with Gasteiger partial charge in [-0.15, -0.1) is 0 Å². The van der Waals surface area contributed by atoms with Gasteiger partial charge in [0.2, 0.25) is 0 Å². The van der Waals surface area contributed by atoms with Gasteiger partial charge in [0.05, 0.1) is 13.5 Å². The van der Waals surface area contributed by atoms with Crippen molar-refractivity contribution < 1.29 is 14.3 Å². The van der Waals surface area contributed by atoms with E-state index in [2.05, 4.69) is 0 Å². The second-order valence-corrected chi connectivity index (χ2v) is 5.25. The number of ether oxygens (including phenoxy) is 2. The van der Waals surface area contributed by atoms with Crippen LogP contribution in [0.25, 0.3) is 0 Å². The third-order valence-electron chi connectivity index (χ3n) is 3.15. The Morgan fingerprint density at radius 2 is 1.62 bits per heavy atom. The summed E-state index contributed by atoms with van der Waals surface area (Å²) >= 11 is 6.09. The van der Waals surface area contributed by atoms with E-state index in [0.29, 0.717) is 10.8 Å². The van der Waals surface area contributed by atoms with E-state index >= 15 is 0 Å². The molecule has 0 heterocycles. The maximum atomic E-state index is 12.0. The Kier molecular flexibility index (Phi) is 4.86. The number of hydrogen-bond donors (Lipinski definition) is 0. The van der Waals surface area contributed by atoms with E-state index in [1.807, 2.05) is 38.1 Å². The van der Waals surface area contributed by atoms with E-state index in [-0.39, 0.29) is 12.4 Å². The Hall–Kier alpha value is -2.00. The number of rotatable bonds is 4. The zero-order chi connectivity index (χ0) is 15.4. The summed E-state index contributed by atoms with van der Waals surface area (Å²) in [7, 11) is 1.61. The lowest BCUT2D eigenvalue weighted by Crippen LogP contribution is -2.11. The van der Waals surface area contributed by atoms with Crippen LogP contribution in [0.5, 0.6) is 11.5 Å². The maximum Gasteiger partial charge on any atom is 0.315 e. The highest BCUT2D eigenvalue weighted by atomic mass is 35.5. The van der Waals surface area contributed by atoms with Gasteiger partial charge < -0.3 is 9.47 Å². The molecule has 0 aliphatic rings. The number of benzene rings is 2. The molecule has 0 radical (unpaired) electrons. The van der Waals surface area contributed by atoms with Crippen molar-refractivity contribution in [3.63, 3.8) is 0 Å². The summed E-state index contributed by atoms with van der Waals surface area (Å²) in [6, 6.07) is 10.9. The molecular formula is C17H17ClO3. The first-order valence-electron chi connectivity index (χ1n) is 6.60. The minimum absolute atomic E-state index is 0.213. The number of methoxy groups -OCH3 is 1. The molecule has 0 bridgehead atoms. The first-order chi connectivity index (χ1) is 9.99. The van der Waals surface area contributed by atoms with Gasteiger partial charge in [-0.25, -0.2) is 0 Å². The molecule has 0 aromatic heterocycles. The molecule has 0 unspecified atom stereocenters. The largest absolute Gasteiger partial charge is 0.497 e. The monoisotopic (exact) mass is 304 g/mol. The summed E-state index contributed by atoms with van der Waals surface area (Å²) in [5, 5.41) is 0.699. The van der Waals surface area contributed by atoms with Crippen molar-refractivity contribution >= 4 is 17.6 Å². The first-order valence-corrected chi connectivity index (χ1v) is 6.97. The van der Waals surface area contributed by atoms with E-state index in [9.17, 15) is 4.79 Å². The van der Waals surface area contributed by atoms with E-state index < -0.39 is 0 Å². The van der Waals surface area contributed by atoms with Crippen molar-refractivity contribution in [3.05, 3.63) is 58.1 Å². The molecule has 0 saturated carbocycles. The predicted molar refractivity (Wildman–Crippen MR) is 83.3 cm³/mol. The van der Waals surface area contributed by atoms with Crippen LogP contribution >= 0.6 is 11.6 Å². The quantitative estimate of drug-likeness (QED) is 0.630. The van der Waals surface area contributed by atoms with Crippen molar-refractivity contribution in [2.45, 2.75) is 20.3 Å². The van der Waals surface area contributed by atoms with Crippen LogP contribution < -0.4 is 9.47 Å². The first kappa shape index (κ1) is 15.4. The molecule has 110 valence electrons. The lowest BCUT2D eigenvalue weighted by atomic mass is 10.1. The molecule has 3 nitrogen and oxygen atoms in total. The number of hydrogen-bond acceptors (Lipinski definition) is 3. The van der Waals surface area contributed by atoms with Gasteiger partial charge in [-0.1, -0.05) is 23.7 Å². The van der Waals surface area contributed by atoms with Gasteiger partial charge in [0.1, 0.15) is 11.5 Å². The highest BCUT2D eigenvalue weighted by Gasteiger charge is 2.09. The third-order valence-corrected chi connectivity index (χ3v) is 3.75. The van der Waals surface area contributed by atoms with Gasteiger partial charge in [-0.2, -0.15) is 0 Å². The van der Waals surface area contributed by atoms with Crippen molar-refractivity contribution in [2.75, 3.05) is 7.11 Å². The number of aryl methyl sites for hydroxylation is 2. The van der Waals surface area contributed by atoms with Crippen molar-refractivity contribution in [1.82, 2.24) is 0 Å². The predicted octanol–water partition coefficient (Wildman–Crippen LogP) is 4.11. The smallest absolute Gasteiger partial charge is 0.315 e. The van der Waals surface area contributed by atoms with Gasteiger partial charge in [-0.05, 0) is 54.8 Å². The van der Waals surface area contributed by atoms with Gasteiger partial charge in [-0.3, -0.25) is 4.79 Å². The van der Waals surface area contributed by atoms with Gasteiger partial charge >= 0.3 is 5.97 Å². The minimum atomic E-state index is -0.304.